The van der Waals surface area contributed by atoms with Gasteiger partial charge in [0.25, 0.3) is 5.91 Å². The number of carbonyl (C=O) groups is 1. The van der Waals surface area contributed by atoms with E-state index in [9.17, 15) is 4.79 Å². The standard InChI is InChI=1S/C13H14N4O2/c18-13(15-7-12-16-8-19-17-12)10-2-1-9-3-4-14-6-11(9)5-10/h1-2,5,8,14H,3-4,6-7H2,(H,15,18). The van der Waals surface area contributed by atoms with Gasteiger partial charge in [0.15, 0.2) is 5.82 Å². The van der Waals surface area contributed by atoms with Crippen LogP contribution in [0.2, 0.25) is 0 Å². The molecule has 0 radical (unpaired) electrons. The van der Waals surface area contributed by atoms with Gasteiger partial charge in [0.05, 0.1) is 6.54 Å². The number of aromatic nitrogens is 2. The fourth-order valence-electron chi connectivity index (χ4n) is 2.15. The first-order valence-corrected chi connectivity index (χ1v) is 6.19. The Morgan fingerprint density at radius 1 is 1.42 bits per heavy atom. The molecule has 2 N–H and O–H groups in total. The Bertz CT molecular complexity index is 580. The summed E-state index contributed by atoms with van der Waals surface area (Å²) in [7, 11) is 0. The van der Waals surface area contributed by atoms with Gasteiger partial charge in [0.2, 0.25) is 6.39 Å². The van der Waals surface area contributed by atoms with E-state index in [1.807, 2.05) is 18.2 Å². The number of nitrogens with zero attached hydrogens (tertiary/aromatic N) is 2. The minimum Gasteiger partial charge on any atom is -0.345 e. The van der Waals surface area contributed by atoms with Crippen molar-refractivity contribution in [3.05, 3.63) is 47.1 Å². The third-order valence-electron chi connectivity index (χ3n) is 3.17. The fourth-order valence-corrected chi connectivity index (χ4v) is 2.15. The van der Waals surface area contributed by atoms with Gasteiger partial charge in [-0.3, -0.25) is 4.79 Å². The number of carbonyl (C=O) groups excluding carboxylic acids is 1. The van der Waals surface area contributed by atoms with Crippen LogP contribution in [0.15, 0.2) is 29.1 Å². The highest BCUT2D eigenvalue weighted by atomic mass is 16.5. The molecule has 2 heterocycles. The van der Waals surface area contributed by atoms with Crippen molar-refractivity contribution < 1.29 is 9.32 Å². The second-order valence-electron chi connectivity index (χ2n) is 4.44. The quantitative estimate of drug-likeness (QED) is 0.844. The minimum absolute atomic E-state index is 0.127. The molecule has 1 aromatic carbocycles. The maximum Gasteiger partial charge on any atom is 0.251 e. The molecule has 0 saturated carbocycles. The van der Waals surface area contributed by atoms with Crippen molar-refractivity contribution in [3.8, 4) is 0 Å². The van der Waals surface area contributed by atoms with Crippen molar-refractivity contribution in [1.29, 1.82) is 0 Å². The molecule has 1 aliphatic rings. The van der Waals surface area contributed by atoms with Crippen molar-refractivity contribution in [2.45, 2.75) is 19.5 Å². The minimum atomic E-state index is -0.127. The highest BCUT2D eigenvalue weighted by Gasteiger charge is 2.12. The second kappa shape index (κ2) is 5.19. The summed E-state index contributed by atoms with van der Waals surface area (Å²) < 4.78 is 4.61. The Morgan fingerprint density at radius 3 is 3.21 bits per heavy atom. The van der Waals surface area contributed by atoms with Crippen LogP contribution in [-0.2, 0) is 19.5 Å². The number of fused-ring (bicyclic) bond motifs is 1. The number of rotatable bonds is 3. The van der Waals surface area contributed by atoms with Gasteiger partial charge in [-0.15, -0.1) is 0 Å². The molecule has 6 nitrogen and oxygen atoms in total. The van der Waals surface area contributed by atoms with E-state index < -0.39 is 0 Å². The second-order valence-corrected chi connectivity index (χ2v) is 4.44. The van der Waals surface area contributed by atoms with Gasteiger partial charge >= 0.3 is 0 Å². The molecule has 2 aromatic rings. The van der Waals surface area contributed by atoms with Crippen molar-refractivity contribution >= 4 is 5.91 Å². The Morgan fingerprint density at radius 2 is 2.37 bits per heavy atom. The highest BCUT2D eigenvalue weighted by molar-refractivity contribution is 5.94. The molecule has 0 unspecified atom stereocenters. The SMILES string of the molecule is O=C(NCc1ncon1)c1ccc2c(c1)CNCC2. The average Bonchev–Trinajstić information content (AvgIpc) is 2.97. The summed E-state index contributed by atoms with van der Waals surface area (Å²) in [6.07, 6.45) is 2.26. The Balaban J connectivity index is 1.69. The molecule has 0 atom stereocenters. The molecule has 3 rings (SSSR count). The zero-order valence-corrected chi connectivity index (χ0v) is 10.3. The Kier molecular flexibility index (Phi) is 3.24. The van der Waals surface area contributed by atoms with Gasteiger partial charge in [-0.1, -0.05) is 11.2 Å². The van der Waals surface area contributed by atoms with Crippen LogP contribution in [0.5, 0.6) is 0 Å². The third kappa shape index (κ3) is 2.63. The van der Waals surface area contributed by atoms with E-state index in [1.54, 1.807) is 0 Å². The molecule has 0 spiro atoms. The number of benzene rings is 1. The van der Waals surface area contributed by atoms with Crippen molar-refractivity contribution in [2.75, 3.05) is 6.54 Å². The van der Waals surface area contributed by atoms with E-state index in [0.29, 0.717) is 11.4 Å². The van der Waals surface area contributed by atoms with Gasteiger partial charge in [-0.25, -0.2) is 0 Å². The van der Waals surface area contributed by atoms with E-state index in [-0.39, 0.29) is 12.5 Å². The number of hydrogen-bond donors (Lipinski definition) is 2. The molecule has 1 aliphatic heterocycles. The normalized spacial score (nSPS) is 13.9. The van der Waals surface area contributed by atoms with E-state index in [0.717, 1.165) is 19.5 Å². The van der Waals surface area contributed by atoms with E-state index >= 15 is 0 Å². The third-order valence-corrected chi connectivity index (χ3v) is 3.17. The zero-order chi connectivity index (χ0) is 13.1. The maximum absolute atomic E-state index is 12.0. The first kappa shape index (κ1) is 11.9. The molecule has 0 fully saturated rings. The molecular formula is C13H14N4O2. The summed E-state index contributed by atoms with van der Waals surface area (Å²) in [6.45, 7) is 2.09. The molecule has 1 aromatic heterocycles. The summed E-state index contributed by atoms with van der Waals surface area (Å²) >= 11 is 0. The van der Waals surface area contributed by atoms with Crippen LogP contribution in [0.4, 0.5) is 0 Å². The molecule has 0 bridgehead atoms. The van der Waals surface area contributed by atoms with Crippen molar-refractivity contribution in [1.82, 2.24) is 20.8 Å². The van der Waals surface area contributed by atoms with Crippen molar-refractivity contribution in [3.63, 3.8) is 0 Å². The molecule has 0 aliphatic carbocycles. The number of amides is 1. The van der Waals surface area contributed by atoms with Crippen LogP contribution in [-0.4, -0.2) is 22.6 Å². The summed E-state index contributed by atoms with van der Waals surface area (Å²) in [4.78, 5) is 15.9. The van der Waals surface area contributed by atoms with Gasteiger partial charge in [-0.2, -0.15) is 4.98 Å². The molecule has 6 heteroatoms. The van der Waals surface area contributed by atoms with E-state index in [4.69, 9.17) is 0 Å². The summed E-state index contributed by atoms with van der Waals surface area (Å²) in [5.74, 6) is 0.339. The fraction of sp³-hybridized carbons (Fsp3) is 0.308. The largest absolute Gasteiger partial charge is 0.345 e. The predicted molar refractivity (Wildman–Crippen MR) is 67.3 cm³/mol. The molecule has 19 heavy (non-hydrogen) atoms. The summed E-state index contributed by atoms with van der Waals surface area (Å²) in [6, 6.07) is 5.82. The lowest BCUT2D eigenvalue weighted by Crippen LogP contribution is -2.26. The zero-order valence-electron chi connectivity index (χ0n) is 10.3. The van der Waals surface area contributed by atoms with Crippen LogP contribution in [0, 0.1) is 0 Å². The smallest absolute Gasteiger partial charge is 0.251 e. The van der Waals surface area contributed by atoms with Crippen LogP contribution in [0.3, 0.4) is 0 Å². The number of nitrogens with one attached hydrogen (secondary N) is 2. The lowest BCUT2D eigenvalue weighted by atomic mass is 9.98. The Labute approximate surface area is 110 Å². The van der Waals surface area contributed by atoms with Crippen LogP contribution in [0.1, 0.15) is 27.3 Å². The van der Waals surface area contributed by atoms with Crippen molar-refractivity contribution in [2.24, 2.45) is 0 Å². The van der Waals surface area contributed by atoms with Crippen LogP contribution >= 0.6 is 0 Å². The molecule has 98 valence electrons. The first-order valence-electron chi connectivity index (χ1n) is 6.19. The molecule has 1 amide bonds. The lowest BCUT2D eigenvalue weighted by Gasteiger charge is -2.17. The topological polar surface area (TPSA) is 80.1 Å². The molecule has 0 saturated heterocycles. The Hall–Kier alpha value is -2.21. The van der Waals surface area contributed by atoms with Gasteiger partial charge < -0.3 is 15.2 Å². The van der Waals surface area contributed by atoms with Gasteiger partial charge in [-0.05, 0) is 36.2 Å². The van der Waals surface area contributed by atoms with E-state index in [2.05, 4.69) is 25.3 Å². The highest BCUT2D eigenvalue weighted by Crippen LogP contribution is 2.15. The van der Waals surface area contributed by atoms with E-state index in [1.165, 1.54) is 17.5 Å². The summed E-state index contributed by atoms with van der Waals surface area (Å²) in [5, 5.41) is 9.70. The molecular weight excluding hydrogens is 244 g/mol. The van der Waals surface area contributed by atoms with Gasteiger partial charge in [0.1, 0.15) is 0 Å². The average molecular weight is 258 g/mol. The maximum atomic E-state index is 12.0. The van der Waals surface area contributed by atoms with Crippen LogP contribution < -0.4 is 10.6 Å². The van der Waals surface area contributed by atoms with Gasteiger partial charge in [0, 0.05) is 12.1 Å². The number of hydrogen-bond acceptors (Lipinski definition) is 5. The predicted octanol–water partition coefficient (Wildman–Crippen LogP) is 0.645. The first-order chi connectivity index (χ1) is 9.33. The van der Waals surface area contributed by atoms with Crippen LogP contribution in [0.25, 0.3) is 0 Å². The lowest BCUT2D eigenvalue weighted by molar-refractivity contribution is 0.0949. The monoisotopic (exact) mass is 258 g/mol. The summed E-state index contributed by atoms with van der Waals surface area (Å²) in [5.41, 5.74) is 3.16.